The SMILES string of the molecule is COC(=O)[C@H]1O[C@@H](c2cc(OC)c(C)c(OC)c2O[Si](C)(C)C(C)(C)C)[C@H](C)[C@@H](O[Si](C)(C)C(C)(C)C)[C@H]1C. The lowest BCUT2D eigenvalue weighted by atomic mass is 9.80. The van der Waals surface area contributed by atoms with Crippen LogP contribution >= 0.6 is 0 Å². The molecule has 1 aliphatic rings. The first-order valence-corrected chi connectivity index (χ1v) is 19.8. The highest BCUT2D eigenvalue weighted by atomic mass is 28.4. The highest BCUT2D eigenvalue weighted by molar-refractivity contribution is 6.75. The zero-order chi connectivity index (χ0) is 30.3. The molecule has 0 spiro atoms. The average Bonchev–Trinajstić information content (AvgIpc) is 2.80. The van der Waals surface area contributed by atoms with E-state index in [1.165, 1.54) is 7.11 Å². The van der Waals surface area contributed by atoms with E-state index >= 15 is 0 Å². The van der Waals surface area contributed by atoms with E-state index in [2.05, 4.69) is 74.7 Å². The summed E-state index contributed by atoms with van der Waals surface area (Å²) in [6, 6.07) is 1.98. The fourth-order valence-corrected chi connectivity index (χ4v) is 7.11. The molecule has 7 nitrogen and oxygen atoms in total. The number of rotatable bonds is 8. The van der Waals surface area contributed by atoms with Crippen LogP contribution < -0.4 is 13.9 Å². The third kappa shape index (κ3) is 6.68. The van der Waals surface area contributed by atoms with Crippen molar-refractivity contribution < 1.29 is 32.6 Å². The molecule has 2 rings (SSSR count). The van der Waals surface area contributed by atoms with Crippen LogP contribution in [0.4, 0.5) is 0 Å². The molecule has 1 heterocycles. The van der Waals surface area contributed by atoms with Crippen LogP contribution in [0.5, 0.6) is 17.2 Å². The van der Waals surface area contributed by atoms with Gasteiger partial charge in [0.2, 0.25) is 0 Å². The average molecular weight is 583 g/mol. The van der Waals surface area contributed by atoms with Crippen LogP contribution in [0.1, 0.15) is 72.6 Å². The van der Waals surface area contributed by atoms with Gasteiger partial charge in [-0.05, 0) is 49.3 Å². The van der Waals surface area contributed by atoms with Gasteiger partial charge in [-0.25, -0.2) is 4.79 Å². The first-order valence-electron chi connectivity index (χ1n) is 14.0. The molecule has 0 saturated carbocycles. The van der Waals surface area contributed by atoms with Gasteiger partial charge in [-0.15, -0.1) is 0 Å². The van der Waals surface area contributed by atoms with Crippen molar-refractivity contribution in [3.8, 4) is 17.2 Å². The fraction of sp³-hybridized carbons (Fsp3) is 0.767. The highest BCUT2D eigenvalue weighted by Gasteiger charge is 2.51. The van der Waals surface area contributed by atoms with Gasteiger partial charge in [0.25, 0.3) is 8.32 Å². The lowest BCUT2D eigenvalue weighted by Gasteiger charge is -2.49. The fourth-order valence-electron chi connectivity index (χ4n) is 4.61. The Morgan fingerprint density at radius 2 is 1.38 bits per heavy atom. The molecule has 39 heavy (non-hydrogen) atoms. The van der Waals surface area contributed by atoms with Crippen LogP contribution in [0.3, 0.4) is 0 Å². The lowest BCUT2D eigenvalue weighted by Crippen LogP contribution is -2.55. The van der Waals surface area contributed by atoms with Crippen molar-refractivity contribution in [3.05, 3.63) is 17.2 Å². The maximum atomic E-state index is 13.0. The molecule has 0 radical (unpaired) electrons. The minimum Gasteiger partial charge on any atom is -0.541 e. The summed E-state index contributed by atoms with van der Waals surface area (Å²) in [4.78, 5) is 13.0. The van der Waals surface area contributed by atoms with Crippen LogP contribution in [0.15, 0.2) is 6.07 Å². The van der Waals surface area contributed by atoms with E-state index in [9.17, 15) is 4.79 Å². The summed E-state index contributed by atoms with van der Waals surface area (Å²) in [5.74, 6) is 1.27. The van der Waals surface area contributed by atoms with Gasteiger partial charge in [0.05, 0.1) is 33.5 Å². The molecule has 0 aliphatic carbocycles. The molecule has 1 aliphatic heterocycles. The van der Waals surface area contributed by atoms with Crippen LogP contribution in [0.25, 0.3) is 0 Å². The number of benzene rings is 1. The Kier molecular flexibility index (Phi) is 10.1. The molecule has 9 heteroatoms. The first-order chi connectivity index (χ1) is 17.6. The third-order valence-electron chi connectivity index (χ3n) is 9.31. The predicted molar refractivity (Wildman–Crippen MR) is 162 cm³/mol. The Balaban J connectivity index is 2.82. The number of ether oxygens (including phenoxy) is 4. The Morgan fingerprint density at radius 3 is 1.82 bits per heavy atom. The zero-order valence-corrected chi connectivity index (χ0v) is 29.3. The van der Waals surface area contributed by atoms with Gasteiger partial charge in [0.1, 0.15) is 5.75 Å². The molecule has 224 valence electrons. The van der Waals surface area contributed by atoms with E-state index < -0.39 is 34.8 Å². The quantitative estimate of drug-likeness (QED) is 0.230. The van der Waals surface area contributed by atoms with Crippen molar-refractivity contribution in [2.24, 2.45) is 11.8 Å². The molecule has 1 aromatic carbocycles. The second-order valence-electron chi connectivity index (χ2n) is 14.1. The highest BCUT2D eigenvalue weighted by Crippen LogP contribution is 2.52. The van der Waals surface area contributed by atoms with Crippen molar-refractivity contribution in [1.29, 1.82) is 0 Å². The molecule has 0 bridgehead atoms. The van der Waals surface area contributed by atoms with E-state index in [-0.39, 0.29) is 28.0 Å². The number of hydrogen-bond acceptors (Lipinski definition) is 7. The number of methoxy groups -OCH3 is 3. The monoisotopic (exact) mass is 582 g/mol. The lowest BCUT2D eigenvalue weighted by molar-refractivity contribution is -0.192. The second kappa shape index (κ2) is 11.7. The Labute approximate surface area is 239 Å². The van der Waals surface area contributed by atoms with Crippen molar-refractivity contribution in [1.82, 2.24) is 0 Å². The normalized spacial score (nSPS) is 24.8. The number of hydrogen-bond donors (Lipinski definition) is 0. The van der Waals surface area contributed by atoms with Crippen molar-refractivity contribution in [2.75, 3.05) is 21.3 Å². The summed E-state index contributed by atoms with van der Waals surface area (Å²) in [6.07, 6.45) is -1.53. The zero-order valence-electron chi connectivity index (χ0n) is 27.3. The molecule has 0 amide bonds. The largest absolute Gasteiger partial charge is 0.541 e. The maximum absolute atomic E-state index is 13.0. The van der Waals surface area contributed by atoms with E-state index in [1.54, 1.807) is 14.2 Å². The van der Waals surface area contributed by atoms with E-state index in [1.807, 2.05) is 19.9 Å². The summed E-state index contributed by atoms with van der Waals surface area (Å²) in [7, 11) is 0.223. The van der Waals surface area contributed by atoms with Gasteiger partial charge in [-0.2, -0.15) is 0 Å². The summed E-state index contributed by atoms with van der Waals surface area (Å²) in [6.45, 7) is 28.3. The molecule has 0 unspecified atom stereocenters. The number of carbonyl (C=O) groups excluding carboxylic acids is 1. The van der Waals surface area contributed by atoms with Crippen molar-refractivity contribution in [2.45, 2.75) is 117 Å². The van der Waals surface area contributed by atoms with Crippen molar-refractivity contribution >= 4 is 22.6 Å². The van der Waals surface area contributed by atoms with Gasteiger partial charge in [-0.1, -0.05) is 55.4 Å². The maximum Gasteiger partial charge on any atom is 0.335 e. The van der Waals surface area contributed by atoms with E-state index in [0.717, 1.165) is 11.1 Å². The molecular formula is C30H54O7Si2. The smallest absolute Gasteiger partial charge is 0.335 e. The summed E-state index contributed by atoms with van der Waals surface area (Å²) < 4.78 is 37.6. The first kappa shape index (κ1) is 33.6. The van der Waals surface area contributed by atoms with Gasteiger partial charge in [0.15, 0.2) is 25.9 Å². The molecule has 1 fully saturated rings. The number of carbonyl (C=O) groups is 1. The van der Waals surface area contributed by atoms with E-state index in [0.29, 0.717) is 17.2 Å². The molecule has 5 atom stereocenters. The minimum atomic E-state index is -2.29. The van der Waals surface area contributed by atoms with Crippen LogP contribution in [0, 0.1) is 18.8 Å². The topological polar surface area (TPSA) is 72.5 Å². The molecule has 0 aromatic heterocycles. The number of esters is 1. The van der Waals surface area contributed by atoms with Gasteiger partial charge < -0.3 is 27.8 Å². The Hall–Kier alpha value is -1.56. The molecular weight excluding hydrogens is 528 g/mol. The van der Waals surface area contributed by atoms with Crippen LogP contribution in [-0.4, -0.2) is 56.1 Å². The molecule has 1 saturated heterocycles. The second-order valence-corrected chi connectivity index (χ2v) is 23.6. The van der Waals surface area contributed by atoms with Crippen LogP contribution in [0.2, 0.25) is 36.3 Å². The molecule has 0 N–H and O–H groups in total. The summed E-state index contributed by atoms with van der Waals surface area (Å²) in [5, 5.41) is -0.0346. The predicted octanol–water partition coefficient (Wildman–Crippen LogP) is 7.67. The summed E-state index contributed by atoms with van der Waals surface area (Å²) in [5.41, 5.74) is 1.66. The van der Waals surface area contributed by atoms with Crippen molar-refractivity contribution in [3.63, 3.8) is 0 Å². The third-order valence-corrected chi connectivity index (χ3v) is 18.1. The Bertz CT molecular complexity index is 1020. The van der Waals surface area contributed by atoms with Gasteiger partial charge >= 0.3 is 5.97 Å². The van der Waals surface area contributed by atoms with Crippen LogP contribution in [-0.2, 0) is 18.7 Å². The molecule has 1 aromatic rings. The Morgan fingerprint density at radius 1 is 0.846 bits per heavy atom. The van der Waals surface area contributed by atoms with E-state index in [4.69, 9.17) is 27.8 Å². The van der Waals surface area contributed by atoms with Gasteiger partial charge in [0, 0.05) is 23.0 Å². The van der Waals surface area contributed by atoms with Gasteiger partial charge in [-0.3, -0.25) is 0 Å². The minimum absolute atomic E-state index is 0.00784. The summed E-state index contributed by atoms with van der Waals surface area (Å²) >= 11 is 0. The standard InChI is InChI=1S/C30H54O7Si2/c1-18-22(32-10)17-21(27(25(18)33-11)37-39(15,16)30(7,8)9)24-19(2)23(36-38(13,14)29(4,5)6)20(3)26(35-24)28(31)34-12/h17,19-20,23-24,26H,1-16H3/t19-,20-,23-,24-,26+/m1/s1.